The van der Waals surface area contributed by atoms with E-state index in [1.165, 1.54) is 17.4 Å². The van der Waals surface area contributed by atoms with Crippen molar-refractivity contribution in [2.24, 2.45) is 0 Å². The van der Waals surface area contributed by atoms with E-state index in [4.69, 9.17) is 0 Å². The summed E-state index contributed by atoms with van der Waals surface area (Å²) in [5.41, 5.74) is 0.263. The number of hydrogen-bond donors (Lipinski definition) is 1. The molecular formula is C15H10F3NO3S. The number of anilines is 1. The number of amides is 1. The molecule has 1 heterocycles. The highest BCUT2D eigenvalue weighted by Crippen LogP contribution is 2.19. The molecule has 2 aromatic rings. The maximum Gasteiger partial charge on any atom is 0.331 e. The zero-order valence-electron chi connectivity index (χ0n) is 11.5. The molecule has 0 radical (unpaired) electrons. The van der Waals surface area contributed by atoms with Gasteiger partial charge in [-0.1, -0.05) is 0 Å². The smallest absolute Gasteiger partial charge is 0.331 e. The number of esters is 1. The van der Waals surface area contributed by atoms with E-state index >= 15 is 0 Å². The highest BCUT2D eigenvalue weighted by molar-refractivity contribution is 7.08. The summed E-state index contributed by atoms with van der Waals surface area (Å²) in [4.78, 5) is 22.9. The number of ether oxygens (including phenoxy) is 1. The van der Waals surface area contributed by atoms with Gasteiger partial charge in [-0.05, 0) is 40.6 Å². The zero-order chi connectivity index (χ0) is 16.8. The Morgan fingerprint density at radius 3 is 2.65 bits per heavy atom. The number of carbonyl (C=O) groups excluding carboxylic acids is 2. The molecule has 0 bridgehead atoms. The Balaban J connectivity index is 1.86. The normalized spacial score (nSPS) is 10.7. The quantitative estimate of drug-likeness (QED) is 0.515. The fourth-order valence-electron chi connectivity index (χ4n) is 1.53. The first kappa shape index (κ1) is 16.8. The lowest BCUT2D eigenvalue weighted by Crippen LogP contribution is -2.21. The van der Waals surface area contributed by atoms with Gasteiger partial charge in [0.2, 0.25) is 0 Å². The van der Waals surface area contributed by atoms with Crippen molar-refractivity contribution in [2.45, 2.75) is 0 Å². The van der Waals surface area contributed by atoms with Crippen molar-refractivity contribution in [3.05, 3.63) is 58.1 Å². The lowest BCUT2D eigenvalue weighted by molar-refractivity contribution is -0.142. The third-order valence-corrected chi connectivity index (χ3v) is 3.31. The van der Waals surface area contributed by atoms with Crippen molar-refractivity contribution in [3.63, 3.8) is 0 Å². The first-order valence-corrected chi connectivity index (χ1v) is 7.22. The average molecular weight is 341 g/mol. The molecule has 0 saturated heterocycles. The molecule has 1 aromatic heterocycles. The van der Waals surface area contributed by atoms with Crippen LogP contribution >= 0.6 is 11.3 Å². The van der Waals surface area contributed by atoms with Gasteiger partial charge in [0.25, 0.3) is 5.91 Å². The molecule has 120 valence electrons. The van der Waals surface area contributed by atoms with Crippen molar-refractivity contribution in [1.82, 2.24) is 0 Å². The Kier molecular flexibility index (Phi) is 5.53. The molecule has 0 saturated carbocycles. The second-order valence-electron chi connectivity index (χ2n) is 4.27. The molecule has 0 unspecified atom stereocenters. The highest BCUT2D eigenvalue weighted by Gasteiger charge is 2.15. The van der Waals surface area contributed by atoms with Gasteiger partial charge in [0.1, 0.15) is 0 Å². The van der Waals surface area contributed by atoms with Gasteiger partial charge in [0.15, 0.2) is 24.1 Å². The summed E-state index contributed by atoms with van der Waals surface area (Å²) < 4.78 is 43.7. The SMILES string of the molecule is O=C(COC(=O)/C=C/c1ccsc1)Nc1ccc(F)c(F)c1F. The van der Waals surface area contributed by atoms with Gasteiger partial charge in [-0.25, -0.2) is 18.0 Å². The fourth-order valence-corrected chi connectivity index (χ4v) is 2.16. The van der Waals surface area contributed by atoms with Crippen molar-refractivity contribution in [1.29, 1.82) is 0 Å². The average Bonchev–Trinajstić information content (AvgIpc) is 3.05. The second kappa shape index (κ2) is 7.59. The van der Waals surface area contributed by atoms with Crippen LogP contribution in [-0.4, -0.2) is 18.5 Å². The molecule has 0 aliphatic carbocycles. The van der Waals surface area contributed by atoms with Gasteiger partial charge in [0, 0.05) is 6.08 Å². The van der Waals surface area contributed by atoms with Gasteiger partial charge < -0.3 is 10.1 Å². The highest BCUT2D eigenvalue weighted by atomic mass is 32.1. The minimum absolute atomic E-state index is 0.543. The minimum Gasteiger partial charge on any atom is -0.452 e. The van der Waals surface area contributed by atoms with Gasteiger partial charge in [-0.3, -0.25) is 4.79 Å². The van der Waals surface area contributed by atoms with Gasteiger partial charge >= 0.3 is 5.97 Å². The number of benzene rings is 1. The maximum absolute atomic E-state index is 13.4. The molecule has 0 aliphatic rings. The molecule has 0 atom stereocenters. The molecule has 2 rings (SSSR count). The van der Waals surface area contributed by atoms with Crippen LogP contribution < -0.4 is 5.32 Å². The molecule has 1 amide bonds. The zero-order valence-corrected chi connectivity index (χ0v) is 12.3. The first-order valence-electron chi connectivity index (χ1n) is 6.28. The lowest BCUT2D eigenvalue weighted by Gasteiger charge is -2.07. The summed E-state index contributed by atoms with van der Waals surface area (Å²) in [5.74, 6) is -6.24. The largest absolute Gasteiger partial charge is 0.452 e. The van der Waals surface area contributed by atoms with Crippen LogP contribution in [0.15, 0.2) is 35.0 Å². The summed E-state index contributed by atoms with van der Waals surface area (Å²) in [6, 6.07) is 3.32. The molecule has 1 aromatic carbocycles. The van der Waals surface area contributed by atoms with Crippen LogP contribution in [0.25, 0.3) is 6.08 Å². The van der Waals surface area contributed by atoms with Crippen LogP contribution in [0.3, 0.4) is 0 Å². The molecule has 1 N–H and O–H groups in total. The number of rotatable bonds is 5. The number of nitrogens with one attached hydrogen (secondary N) is 1. The summed E-state index contributed by atoms with van der Waals surface area (Å²) in [6.45, 7) is -0.689. The Morgan fingerprint density at radius 2 is 1.96 bits per heavy atom. The molecule has 23 heavy (non-hydrogen) atoms. The Labute approximate surface area is 133 Å². The predicted molar refractivity (Wildman–Crippen MR) is 79.3 cm³/mol. The summed E-state index contributed by atoms with van der Waals surface area (Å²) in [6.07, 6.45) is 2.64. The van der Waals surface area contributed by atoms with Crippen molar-refractivity contribution < 1.29 is 27.5 Å². The summed E-state index contributed by atoms with van der Waals surface area (Å²) in [5, 5.41) is 5.62. The maximum atomic E-state index is 13.4. The van der Waals surface area contributed by atoms with Crippen LogP contribution in [0.1, 0.15) is 5.56 Å². The van der Waals surface area contributed by atoms with E-state index in [9.17, 15) is 22.8 Å². The monoisotopic (exact) mass is 341 g/mol. The lowest BCUT2D eigenvalue weighted by atomic mass is 10.3. The number of halogens is 3. The molecule has 0 fully saturated rings. The van der Waals surface area contributed by atoms with E-state index in [0.717, 1.165) is 17.7 Å². The van der Waals surface area contributed by atoms with Crippen LogP contribution in [-0.2, 0) is 14.3 Å². The standard InChI is InChI=1S/C15H10F3NO3S/c16-10-2-3-11(15(18)14(10)17)19-12(20)7-22-13(21)4-1-9-5-6-23-8-9/h1-6,8H,7H2,(H,19,20)/b4-1+. The van der Waals surface area contributed by atoms with E-state index in [1.807, 2.05) is 16.1 Å². The molecule has 0 aliphatic heterocycles. The van der Waals surface area contributed by atoms with Crippen LogP contribution in [0.5, 0.6) is 0 Å². The van der Waals surface area contributed by atoms with Gasteiger partial charge in [0.05, 0.1) is 5.69 Å². The van der Waals surface area contributed by atoms with E-state index in [0.29, 0.717) is 6.07 Å². The molecular weight excluding hydrogens is 331 g/mol. The van der Waals surface area contributed by atoms with E-state index in [2.05, 4.69) is 4.74 Å². The molecule has 4 nitrogen and oxygen atoms in total. The van der Waals surface area contributed by atoms with Crippen LogP contribution in [0.2, 0.25) is 0 Å². The number of carbonyl (C=O) groups is 2. The summed E-state index contributed by atoms with van der Waals surface area (Å²) >= 11 is 1.45. The van der Waals surface area contributed by atoms with Crippen LogP contribution in [0.4, 0.5) is 18.9 Å². The van der Waals surface area contributed by atoms with Gasteiger partial charge in [-0.15, -0.1) is 0 Å². The topological polar surface area (TPSA) is 55.4 Å². The number of hydrogen-bond acceptors (Lipinski definition) is 4. The Bertz CT molecular complexity index is 745. The number of thiophene rings is 1. The van der Waals surface area contributed by atoms with E-state index < -0.39 is 41.6 Å². The van der Waals surface area contributed by atoms with Crippen molar-refractivity contribution >= 4 is 35.0 Å². The van der Waals surface area contributed by atoms with Crippen LogP contribution in [0, 0.1) is 17.5 Å². The van der Waals surface area contributed by atoms with E-state index in [1.54, 1.807) is 6.07 Å². The van der Waals surface area contributed by atoms with Gasteiger partial charge in [-0.2, -0.15) is 11.3 Å². The Hall–Kier alpha value is -2.61. The fraction of sp³-hybridized carbons (Fsp3) is 0.0667. The second-order valence-corrected chi connectivity index (χ2v) is 5.05. The van der Waals surface area contributed by atoms with Crippen molar-refractivity contribution in [2.75, 3.05) is 11.9 Å². The predicted octanol–water partition coefficient (Wildman–Crippen LogP) is 3.36. The third kappa shape index (κ3) is 4.68. The Morgan fingerprint density at radius 1 is 1.17 bits per heavy atom. The van der Waals surface area contributed by atoms with Crippen molar-refractivity contribution in [3.8, 4) is 0 Å². The summed E-state index contributed by atoms with van der Waals surface area (Å²) in [7, 11) is 0. The molecule has 0 spiro atoms. The van der Waals surface area contributed by atoms with E-state index in [-0.39, 0.29) is 0 Å². The third-order valence-electron chi connectivity index (χ3n) is 2.61. The minimum atomic E-state index is -1.70. The molecule has 8 heteroatoms. The first-order chi connectivity index (χ1) is 11.0.